The third-order valence-electron chi connectivity index (χ3n) is 3.23. The van der Waals surface area contributed by atoms with Gasteiger partial charge in [-0.1, -0.05) is 20.8 Å². The van der Waals surface area contributed by atoms with Gasteiger partial charge < -0.3 is 5.32 Å². The summed E-state index contributed by atoms with van der Waals surface area (Å²) in [6.07, 6.45) is 4.22. The number of hydrogen-bond acceptors (Lipinski definition) is 3. The van der Waals surface area contributed by atoms with Crippen LogP contribution >= 0.6 is 0 Å². The first-order chi connectivity index (χ1) is 8.71. The van der Waals surface area contributed by atoms with E-state index in [0.717, 1.165) is 19.4 Å². The van der Waals surface area contributed by atoms with Gasteiger partial charge in [0, 0.05) is 26.2 Å². The van der Waals surface area contributed by atoms with Gasteiger partial charge in [0.2, 0.25) is 0 Å². The van der Waals surface area contributed by atoms with Crippen molar-refractivity contribution in [1.82, 2.24) is 14.3 Å². The molecule has 0 aromatic rings. The molecule has 114 valence electrons. The lowest BCUT2D eigenvalue weighted by Gasteiger charge is -2.21. The Balaban J connectivity index is 2.17. The zero-order valence-corrected chi connectivity index (χ0v) is 13.5. The molecule has 1 aliphatic carbocycles. The van der Waals surface area contributed by atoms with Crippen LogP contribution in [0.15, 0.2) is 0 Å². The summed E-state index contributed by atoms with van der Waals surface area (Å²) in [5.41, 5.74) is 0.148. The molecule has 6 heteroatoms. The average molecular weight is 291 g/mol. The minimum absolute atomic E-state index is 0.148. The predicted octanol–water partition coefficient (Wildman–Crippen LogP) is 1.33. The fourth-order valence-electron chi connectivity index (χ4n) is 1.68. The Hall–Kier alpha value is -0.170. The van der Waals surface area contributed by atoms with Crippen LogP contribution in [0.4, 0.5) is 0 Å². The van der Waals surface area contributed by atoms with E-state index in [1.54, 1.807) is 7.05 Å². The van der Waals surface area contributed by atoms with Crippen molar-refractivity contribution in [3.8, 4) is 0 Å². The fourth-order valence-corrected chi connectivity index (χ4v) is 2.63. The monoisotopic (exact) mass is 291 g/mol. The Bertz CT molecular complexity index is 359. The molecule has 0 radical (unpaired) electrons. The Morgan fingerprint density at radius 2 is 1.84 bits per heavy atom. The molecule has 1 aliphatic rings. The Kier molecular flexibility index (Phi) is 6.23. The summed E-state index contributed by atoms with van der Waals surface area (Å²) in [5, 5.41) is 3.38. The quantitative estimate of drug-likeness (QED) is 0.630. The molecule has 0 spiro atoms. The smallest absolute Gasteiger partial charge is 0.279 e. The molecule has 1 saturated carbocycles. The number of hydrogen-bond donors (Lipinski definition) is 2. The van der Waals surface area contributed by atoms with Gasteiger partial charge in [0.05, 0.1) is 0 Å². The van der Waals surface area contributed by atoms with Crippen LogP contribution in [0.1, 0.15) is 46.5 Å². The normalized spacial score (nSPS) is 17.1. The zero-order chi connectivity index (χ0) is 14.5. The first kappa shape index (κ1) is 16.9. The molecular weight excluding hydrogens is 262 g/mol. The van der Waals surface area contributed by atoms with Crippen LogP contribution in [0.5, 0.6) is 0 Å². The molecule has 0 aromatic heterocycles. The number of nitrogens with one attached hydrogen (secondary N) is 2. The van der Waals surface area contributed by atoms with Crippen molar-refractivity contribution in [2.24, 2.45) is 5.41 Å². The SMILES string of the molecule is CN(CCCNC1CC1)S(=O)(=O)NCCC(C)(C)C. The predicted molar refractivity (Wildman–Crippen MR) is 79.3 cm³/mol. The molecule has 0 amide bonds. The molecule has 0 heterocycles. The summed E-state index contributed by atoms with van der Waals surface area (Å²) in [6.45, 7) is 8.27. The first-order valence-corrected chi connectivity index (χ1v) is 8.59. The first-order valence-electron chi connectivity index (χ1n) is 7.15. The molecule has 19 heavy (non-hydrogen) atoms. The fraction of sp³-hybridized carbons (Fsp3) is 1.00. The Morgan fingerprint density at radius 1 is 1.21 bits per heavy atom. The van der Waals surface area contributed by atoms with Crippen molar-refractivity contribution in [3.05, 3.63) is 0 Å². The van der Waals surface area contributed by atoms with E-state index in [1.165, 1.54) is 17.1 Å². The van der Waals surface area contributed by atoms with Gasteiger partial charge in [-0.05, 0) is 37.6 Å². The van der Waals surface area contributed by atoms with E-state index in [2.05, 4.69) is 30.8 Å². The summed E-state index contributed by atoms with van der Waals surface area (Å²) in [6, 6.07) is 0.687. The van der Waals surface area contributed by atoms with Crippen LogP contribution in [-0.4, -0.2) is 45.4 Å². The van der Waals surface area contributed by atoms with E-state index in [9.17, 15) is 8.42 Å². The largest absolute Gasteiger partial charge is 0.314 e. The molecule has 0 aliphatic heterocycles. The summed E-state index contributed by atoms with van der Waals surface area (Å²) in [4.78, 5) is 0. The Morgan fingerprint density at radius 3 is 2.37 bits per heavy atom. The molecule has 2 N–H and O–H groups in total. The standard InChI is InChI=1S/C13H29N3O2S/c1-13(2,3)8-10-15-19(17,18)16(4)11-5-9-14-12-6-7-12/h12,14-15H,5-11H2,1-4H3. The van der Waals surface area contributed by atoms with E-state index >= 15 is 0 Å². The van der Waals surface area contributed by atoms with Crippen LogP contribution in [0.2, 0.25) is 0 Å². The van der Waals surface area contributed by atoms with Crippen molar-refractivity contribution in [3.63, 3.8) is 0 Å². The summed E-state index contributed by atoms with van der Waals surface area (Å²) in [5.74, 6) is 0. The molecule has 1 rings (SSSR count). The lowest BCUT2D eigenvalue weighted by molar-refractivity contribution is 0.373. The summed E-state index contributed by atoms with van der Waals surface area (Å²) in [7, 11) is -1.68. The highest BCUT2D eigenvalue weighted by molar-refractivity contribution is 7.87. The maximum absolute atomic E-state index is 12.0. The van der Waals surface area contributed by atoms with Gasteiger partial charge in [0.1, 0.15) is 0 Å². The van der Waals surface area contributed by atoms with E-state index in [-0.39, 0.29) is 5.41 Å². The summed E-state index contributed by atoms with van der Waals surface area (Å²) < 4.78 is 28.0. The second kappa shape index (κ2) is 7.02. The van der Waals surface area contributed by atoms with Crippen molar-refractivity contribution in [2.75, 3.05) is 26.7 Å². The van der Waals surface area contributed by atoms with E-state index in [1.807, 2.05) is 0 Å². The van der Waals surface area contributed by atoms with Gasteiger partial charge in [-0.3, -0.25) is 0 Å². The van der Waals surface area contributed by atoms with Gasteiger partial charge in [-0.25, -0.2) is 4.72 Å². The lowest BCUT2D eigenvalue weighted by Crippen LogP contribution is -2.40. The van der Waals surface area contributed by atoms with E-state index in [4.69, 9.17) is 0 Å². The van der Waals surface area contributed by atoms with Crippen molar-refractivity contribution < 1.29 is 8.42 Å². The van der Waals surface area contributed by atoms with Crippen LogP contribution in [-0.2, 0) is 10.2 Å². The topological polar surface area (TPSA) is 61.4 Å². The van der Waals surface area contributed by atoms with Crippen LogP contribution < -0.4 is 10.0 Å². The Labute approximate surface area is 118 Å². The second-order valence-electron chi connectivity index (χ2n) is 6.61. The van der Waals surface area contributed by atoms with E-state index < -0.39 is 10.2 Å². The van der Waals surface area contributed by atoms with Gasteiger partial charge in [-0.15, -0.1) is 0 Å². The molecule has 0 saturated heterocycles. The van der Waals surface area contributed by atoms with Gasteiger partial charge >= 0.3 is 0 Å². The van der Waals surface area contributed by atoms with Crippen molar-refractivity contribution in [1.29, 1.82) is 0 Å². The van der Waals surface area contributed by atoms with Crippen molar-refractivity contribution in [2.45, 2.75) is 52.5 Å². The second-order valence-corrected chi connectivity index (χ2v) is 8.48. The minimum Gasteiger partial charge on any atom is -0.314 e. The highest BCUT2D eigenvalue weighted by atomic mass is 32.2. The van der Waals surface area contributed by atoms with Gasteiger partial charge in [0.25, 0.3) is 10.2 Å². The average Bonchev–Trinajstić information content (AvgIpc) is 3.05. The maximum atomic E-state index is 12.0. The van der Waals surface area contributed by atoms with E-state index in [0.29, 0.717) is 19.1 Å². The molecular formula is C13H29N3O2S. The summed E-state index contributed by atoms with van der Waals surface area (Å²) >= 11 is 0. The van der Waals surface area contributed by atoms with Crippen LogP contribution in [0, 0.1) is 5.41 Å². The molecule has 0 aromatic carbocycles. The molecule has 0 atom stereocenters. The number of nitrogens with zero attached hydrogens (tertiary/aromatic N) is 1. The zero-order valence-electron chi connectivity index (χ0n) is 12.7. The van der Waals surface area contributed by atoms with Crippen LogP contribution in [0.25, 0.3) is 0 Å². The van der Waals surface area contributed by atoms with Crippen molar-refractivity contribution >= 4 is 10.2 Å². The highest BCUT2D eigenvalue weighted by Crippen LogP contribution is 2.18. The molecule has 0 unspecified atom stereocenters. The third-order valence-corrected chi connectivity index (χ3v) is 4.80. The lowest BCUT2D eigenvalue weighted by atomic mass is 9.93. The van der Waals surface area contributed by atoms with Gasteiger partial charge in [0.15, 0.2) is 0 Å². The van der Waals surface area contributed by atoms with Gasteiger partial charge in [-0.2, -0.15) is 12.7 Å². The maximum Gasteiger partial charge on any atom is 0.279 e. The number of rotatable bonds is 9. The third kappa shape index (κ3) is 7.87. The molecule has 0 bridgehead atoms. The highest BCUT2D eigenvalue weighted by Gasteiger charge is 2.21. The van der Waals surface area contributed by atoms with Crippen LogP contribution in [0.3, 0.4) is 0 Å². The minimum atomic E-state index is -3.31. The molecule has 1 fully saturated rings. The molecule has 5 nitrogen and oxygen atoms in total.